The molecule has 3 amide bonds. The van der Waals surface area contributed by atoms with Crippen LogP contribution in [0.4, 0.5) is 18.3 Å². The second kappa shape index (κ2) is 9.01. The molecule has 0 bridgehead atoms. The van der Waals surface area contributed by atoms with Crippen molar-refractivity contribution in [3.63, 3.8) is 0 Å². The molecule has 3 N–H and O–H groups in total. The van der Waals surface area contributed by atoms with Crippen LogP contribution in [0.3, 0.4) is 0 Å². The second-order valence-corrected chi connectivity index (χ2v) is 9.10. The van der Waals surface area contributed by atoms with E-state index in [2.05, 4.69) is 20.3 Å². The molecule has 3 atom stereocenters. The van der Waals surface area contributed by atoms with E-state index >= 15 is 0 Å². The number of carboxylic acids is 1. The molecule has 1 aromatic rings. The fourth-order valence-electron chi connectivity index (χ4n) is 3.05. The summed E-state index contributed by atoms with van der Waals surface area (Å²) in [5.74, 6) is -5.07. The summed E-state index contributed by atoms with van der Waals surface area (Å²) in [7, 11) is 1.12. The summed E-state index contributed by atoms with van der Waals surface area (Å²) >= 11 is 1.90. The van der Waals surface area contributed by atoms with Gasteiger partial charge in [-0.05, 0) is 19.4 Å². The highest BCUT2D eigenvalue weighted by molar-refractivity contribution is 8.00. The second-order valence-electron chi connectivity index (χ2n) is 6.78. The van der Waals surface area contributed by atoms with Crippen molar-refractivity contribution < 1.29 is 42.3 Å². The average Bonchev–Trinajstić information content (AvgIpc) is 3.18. The van der Waals surface area contributed by atoms with Crippen molar-refractivity contribution in [3.05, 3.63) is 22.3 Å². The van der Waals surface area contributed by atoms with E-state index in [9.17, 15) is 37.5 Å². The standard InChI is InChI=1S/C17H16F3N5O6S2/c1-5-6(2)33-13-9(12(27)25(13)10(5)14(28)29)22-11(26)8(24-31-3)7-4-32-16(21-7)23-15(30)17(18,19)20/h4,6,9,13H,1-3H3,(H,22,26)(H,28,29)(H,21,23,30)/b24-8-/t6?,9?,13-/m1/s1. The molecule has 16 heteroatoms. The van der Waals surface area contributed by atoms with Gasteiger partial charge in [-0.15, -0.1) is 23.1 Å². The fraction of sp³-hybridized carbons (Fsp3) is 0.412. The number of thioether (sulfide) groups is 1. The first-order chi connectivity index (χ1) is 15.4. The Kier molecular flexibility index (Phi) is 6.69. The SMILES string of the molecule is CO/N=C(\C(=O)NC1C(=O)N2C(C(=O)O)=C(C)C(C)S[C@H]12)c1csc(NC(=O)C(F)(F)F)n1. The van der Waals surface area contributed by atoms with Crippen LogP contribution in [0, 0.1) is 0 Å². The molecule has 2 aliphatic rings. The summed E-state index contributed by atoms with van der Waals surface area (Å²) in [6, 6.07) is -1.07. The lowest BCUT2D eigenvalue weighted by atomic mass is 10.0. The zero-order valence-corrected chi connectivity index (χ0v) is 18.7. The number of carboxylic acid groups (broad SMARTS) is 1. The number of thiazole rings is 1. The lowest BCUT2D eigenvalue weighted by Gasteiger charge is -2.50. The summed E-state index contributed by atoms with van der Waals surface area (Å²) in [4.78, 5) is 57.5. The van der Waals surface area contributed by atoms with Crippen molar-refractivity contribution in [1.29, 1.82) is 0 Å². The van der Waals surface area contributed by atoms with Crippen LogP contribution in [-0.2, 0) is 24.0 Å². The molecule has 2 unspecified atom stereocenters. The Morgan fingerprint density at radius 3 is 2.58 bits per heavy atom. The van der Waals surface area contributed by atoms with Gasteiger partial charge in [-0.1, -0.05) is 5.16 Å². The van der Waals surface area contributed by atoms with Crippen molar-refractivity contribution in [2.75, 3.05) is 12.4 Å². The lowest BCUT2D eigenvalue weighted by molar-refractivity contribution is -0.167. The lowest BCUT2D eigenvalue weighted by Crippen LogP contribution is -2.71. The molecule has 3 heterocycles. The number of aromatic nitrogens is 1. The Labute approximate surface area is 192 Å². The smallest absolute Gasteiger partial charge is 0.471 e. The third kappa shape index (κ3) is 4.66. The fourth-order valence-corrected chi connectivity index (χ4v) is 5.15. The van der Waals surface area contributed by atoms with E-state index < -0.39 is 52.1 Å². The summed E-state index contributed by atoms with van der Waals surface area (Å²) in [6.45, 7) is 3.38. The molecule has 33 heavy (non-hydrogen) atoms. The van der Waals surface area contributed by atoms with Gasteiger partial charge >= 0.3 is 18.1 Å². The zero-order valence-electron chi connectivity index (χ0n) is 17.1. The molecule has 0 radical (unpaired) electrons. The highest BCUT2D eigenvalue weighted by Gasteiger charge is 2.55. The van der Waals surface area contributed by atoms with Gasteiger partial charge in [-0.3, -0.25) is 24.6 Å². The predicted octanol–water partition coefficient (Wildman–Crippen LogP) is 1.14. The van der Waals surface area contributed by atoms with Crippen LogP contribution in [0.2, 0.25) is 0 Å². The Bertz CT molecular complexity index is 1090. The van der Waals surface area contributed by atoms with E-state index in [1.165, 1.54) is 17.1 Å². The summed E-state index contributed by atoms with van der Waals surface area (Å²) < 4.78 is 37.3. The number of β-lactam (4-membered cyclic amide) rings is 1. The molecule has 3 rings (SSSR count). The largest absolute Gasteiger partial charge is 0.477 e. The first-order valence-corrected chi connectivity index (χ1v) is 10.9. The van der Waals surface area contributed by atoms with Crippen molar-refractivity contribution in [3.8, 4) is 0 Å². The van der Waals surface area contributed by atoms with Gasteiger partial charge in [-0.25, -0.2) is 9.78 Å². The number of carbonyl (C=O) groups is 4. The van der Waals surface area contributed by atoms with Gasteiger partial charge in [0.1, 0.15) is 29.9 Å². The minimum Gasteiger partial charge on any atom is -0.477 e. The number of nitrogens with one attached hydrogen (secondary N) is 2. The zero-order chi connectivity index (χ0) is 24.7. The van der Waals surface area contributed by atoms with Crippen molar-refractivity contribution in [2.24, 2.45) is 5.16 Å². The molecule has 1 fully saturated rings. The number of oxime groups is 1. The topological polar surface area (TPSA) is 150 Å². The van der Waals surface area contributed by atoms with E-state index in [4.69, 9.17) is 0 Å². The average molecular weight is 507 g/mol. The van der Waals surface area contributed by atoms with Crippen LogP contribution in [0.15, 0.2) is 21.8 Å². The quantitative estimate of drug-likeness (QED) is 0.295. The highest BCUT2D eigenvalue weighted by atomic mass is 32.2. The van der Waals surface area contributed by atoms with Crippen LogP contribution >= 0.6 is 23.1 Å². The monoisotopic (exact) mass is 507 g/mol. The first-order valence-electron chi connectivity index (χ1n) is 9.05. The Morgan fingerprint density at radius 2 is 2.00 bits per heavy atom. The number of alkyl halides is 3. The van der Waals surface area contributed by atoms with Gasteiger partial charge in [-0.2, -0.15) is 13.2 Å². The van der Waals surface area contributed by atoms with Gasteiger partial charge in [0, 0.05) is 10.6 Å². The molecule has 1 saturated heterocycles. The van der Waals surface area contributed by atoms with Gasteiger partial charge in [0.25, 0.3) is 11.8 Å². The van der Waals surface area contributed by atoms with Gasteiger partial charge in [0.2, 0.25) is 0 Å². The number of nitrogens with zero attached hydrogens (tertiary/aromatic N) is 3. The van der Waals surface area contributed by atoms with E-state index in [0.29, 0.717) is 16.9 Å². The summed E-state index contributed by atoms with van der Waals surface area (Å²) in [5.41, 5.74) is -0.282. The number of hydrogen-bond acceptors (Lipinski definition) is 9. The van der Waals surface area contributed by atoms with Crippen LogP contribution in [0.1, 0.15) is 19.5 Å². The molecule has 178 valence electrons. The van der Waals surface area contributed by atoms with Crippen molar-refractivity contribution in [1.82, 2.24) is 15.2 Å². The number of hydrogen-bond donors (Lipinski definition) is 3. The van der Waals surface area contributed by atoms with E-state index in [-0.39, 0.29) is 16.6 Å². The van der Waals surface area contributed by atoms with Crippen molar-refractivity contribution in [2.45, 2.75) is 36.7 Å². The van der Waals surface area contributed by atoms with Crippen LogP contribution in [-0.4, -0.2) is 74.3 Å². The molecule has 0 saturated carbocycles. The number of anilines is 1. The molecule has 0 spiro atoms. The van der Waals surface area contributed by atoms with Gasteiger partial charge in [0.05, 0.1) is 0 Å². The number of carbonyl (C=O) groups excluding carboxylic acids is 3. The summed E-state index contributed by atoms with van der Waals surface area (Å²) in [6.07, 6.45) is -5.13. The summed E-state index contributed by atoms with van der Waals surface area (Å²) in [5, 5.41) is 16.8. The van der Waals surface area contributed by atoms with Crippen LogP contribution in [0.25, 0.3) is 0 Å². The Hall–Kier alpha value is -3.14. The van der Waals surface area contributed by atoms with Crippen LogP contribution in [0.5, 0.6) is 0 Å². The maximum absolute atomic E-state index is 12.8. The number of fused-ring (bicyclic) bond motifs is 1. The molecule has 11 nitrogen and oxygen atoms in total. The van der Waals surface area contributed by atoms with Crippen molar-refractivity contribution >= 4 is 57.6 Å². The Morgan fingerprint density at radius 1 is 1.33 bits per heavy atom. The maximum atomic E-state index is 12.8. The number of halogens is 3. The minimum atomic E-state index is -5.13. The number of rotatable bonds is 6. The third-order valence-corrected chi connectivity index (χ3v) is 7.00. The first kappa shape index (κ1) is 24.5. The maximum Gasteiger partial charge on any atom is 0.471 e. The van der Waals surface area contributed by atoms with Gasteiger partial charge in [0.15, 0.2) is 10.8 Å². The molecule has 1 aromatic heterocycles. The highest BCUT2D eigenvalue weighted by Crippen LogP contribution is 2.43. The molecular formula is C17H16F3N5O6S2. The Balaban J connectivity index is 1.77. The minimum absolute atomic E-state index is 0.142. The van der Waals surface area contributed by atoms with E-state index in [0.717, 1.165) is 12.0 Å². The molecular weight excluding hydrogens is 491 g/mol. The normalized spacial score (nSPS) is 23.0. The third-order valence-electron chi connectivity index (χ3n) is 4.72. The predicted molar refractivity (Wildman–Crippen MR) is 110 cm³/mol. The number of amides is 3. The van der Waals surface area contributed by atoms with Crippen LogP contribution < -0.4 is 10.6 Å². The van der Waals surface area contributed by atoms with E-state index in [1.807, 2.05) is 0 Å². The number of aliphatic carboxylic acids is 1. The molecule has 2 aliphatic heterocycles. The van der Waals surface area contributed by atoms with E-state index in [1.54, 1.807) is 19.2 Å². The molecule has 0 aromatic carbocycles. The van der Waals surface area contributed by atoms with Gasteiger partial charge < -0.3 is 15.3 Å². The molecule has 0 aliphatic carbocycles.